The topological polar surface area (TPSA) is 42.0 Å². The van der Waals surface area contributed by atoms with Crippen LogP contribution in [0.5, 0.6) is 0 Å². The molecule has 0 radical (unpaired) electrons. The number of hydrogen-bond acceptors (Lipinski definition) is 2. The molecule has 0 saturated heterocycles. The highest BCUT2D eigenvalue weighted by molar-refractivity contribution is 6.19. The number of nitrogens with one attached hydrogen (secondary N) is 1. The fourth-order valence-corrected chi connectivity index (χ4v) is 1.77. The Morgan fingerprint density at radius 1 is 1.60 bits per heavy atom. The number of rotatable bonds is 3. The maximum absolute atomic E-state index is 11.8. The zero-order valence-electron chi connectivity index (χ0n) is 8.59. The number of amides is 1. The number of aromatic nitrogens is 1. The minimum absolute atomic E-state index is 0.0793. The lowest BCUT2D eigenvalue weighted by molar-refractivity contribution is 0.0935. The summed E-state index contributed by atoms with van der Waals surface area (Å²) in [6, 6.07) is 1.83. The van der Waals surface area contributed by atoms with Gasteiger partial charge in [-0.2, -0.15) is 0 Å². The Hall–Kier alpha value is -1.09. The maximum Gasteiger partial charge on any atom is 0.253 e. The van der Waals surface area contributed by atoms with E-state index in [1.807, 2.05) is 13.0 Å². The molecule has 0 spiro atoms. The second-order valence-electron chi connectivity index (χ2n) is 4.12. The second-order valence-corrected chi connectivity index (χ2v) is 4.39. The molecule has 1 aliphatic carbocycles. The van der Waals surface area contributed by atoms with Crippen molar-refractivity contribution >= 4 is 17.5 Å². The molecule has 1 aromatic rings. The molecule has 0 aliphatic heterocycles. The first kappa shape index (κ1) is 10.4. The summed E-state index contributed by atoms with van der Waals surface area (Å²) in [4.78, 5) is 15.8. The van der Waals surface area contributed by atoms with E-state index in [0.717, 1.165) is 18.4 Å². The molecule has 1 aromatic heterocycles. The number of pyridine rings is 1. The van der Waals surface area contributed by atoms with Crippen molar-refractivity contribution in [2.24, 2.45) is 0 Å². The minimum atomic E-state index is -0.150. The summed E-state index contributed by atoms with van der Waals surface area (Å²) in [5, 5.41) is 2.95. The maximum atomic E-state index is 11.8. The van der Waals surface area contributed by atoms with Crippen molar-refractivity contribution in [2.45, 2.75) is 25.3 Å². The molecule has 80 valence electrons. The van der Waals surface area contributed by atoms with E-state index in [1.54, 1.807) is 12.4 Å². The third kappa shape index (κ3) is 2.29. The summed E-state index contributed by atoms with van der Waals surface area (Å²) in [6.45, 7) is 1.91. The molecule has 3 nitrogen and oxygen atoms in total. The van der Waals surface area contributed by atoms with Gasteiger partial charge in [-0.25, -0.2) is 0 Å². The van der Waals surface area contributed by atoms with Crippen molar-refractivity contribution in [3.05, 3.63) is 29.6 Å². The Balaban J connectivity index is 2.08. The second kappa shape index (κ2) is 3.81. The number of carbonyl (C=O) groups excluding carboxylic acids is 1. The van der Waals surface area contributed by atoms with Crippen LogP contribution in [0.4, 0.5) is 0 Å². The molecule has 2 rings (SSSR count). The van der Waals surface area contributed by atoms with Gasteiger partial charge < -0.3 is 5.32 Å². The van der Waals surface area contributed by atoms with Gasteiger partial charge in [-0.1, -0.05) is 0 Å². The fraction of sp³-hybridized carbons (Fsp3) is 0.455. The van der Waals surface area contributed by atoms with Crippen LogP contribution in [0.3, 0.4) is 0 Å². The van der Waals surface area contributed by atoms with E-state index in [1.165, 1.54) is 0 Å². The minimum Gasteiger partial charge on any atom is -0.345 e. The van der Waals surface area contributed by atoms with Crippen LogP contribution in [0.1, 0.15) is 28.8 Å². The molecular formula is C11H13ClN2O. The van der Waals surface area contributed by atoms with Crippen LogP contribution < -0.4 is 5.32 Å². The molecule has 0 bridgehead atoms. The fourth-order valence-electron chi connectivity index (χ4n) is 1.44. The molecule has 1 aliphatic rings. The van der Waals surface area contributed by atoms with E-state index in [9.17, 15) is 4.79 Å². The molecule has 0 atom stereocenters. The normalized spacial score (nSPS) is 17.2. The lowest BCUT2D eigenvalue weighted by atomic mass is 10.2. The quantitative estimate of drug-likeness (QED) is 0.797. The van der Waals surface area contributed by atoms with Gasteiger partial charge in [0.1, 0.15) is 0 Å². The summed E-state index contributed by atoms with van der Waals surface area (Å²) < 4.78 is 0. The van der Waals surface area contributed by atoms with Crippen molar-refractivity contribution in [3.63, 3.8) is 0 Å². The number of carbonyl (C=O) groups is 1. The molecule has 4 heteroatoms. The molecule has 0 aromatic carbocycles. The lowest BCUT2D eigenvalue weighted by Gasteiger charge is -2.13. The van der Waals surface area contributed by atoms with Crippen LogP contribution in [-0.4, -0.2) is 22.3 Å². The zero-order chi connectivity index (χ0) is 10.9. The van der Waals surface area contributed by atoms with E-state index in [4.69, 9.17) is 11.6 Å². The Labute approximate surface area is 93.8 Å². The lowest BCUT2D eigenvalue weighted by Crippen LogP contribution is -2.38. The zero-order valence-corrected chi connectivity index (χ0v) is 9.34. The van der Waals surface area contributed by atoms with Crippen molar-refractivity contribution in [1.82, 2.24) is 10.3 Å². The first-order valence-electron chi connectivity index (χ1n) is 4.95. The van der Waals surface area contributed by atoms with Crippen LogP contribution in [-0.2, 0) is 0 Å². The number of hydrogen-bond donors (Lipinski definition) is 1. The molecule has 1 heterocycles. The summed E-state index contributed by atoms with van der Waals surface area (Å²) in [7, 11) is 0. The molecular weight excluding hydrogens is 212 g/mol. The monoisotopic (exact) mass is 224 g/mol. The van der Waals surface area contributed by atoms with Crippen LogP contribution >= 0.6 is 11.6 Å². The van der Waals surface area contributed by atoms with Crippen LogP contribution in [0.2, 0.25) is 0 Å². The van der Waals surface area contributed by atoms with Crippen molar-refractivity contribution in [2.75, 3.05) is 5.88 Å². The van der Waals surface area contributed by atoms with Gasteiger partial charge >= 0.3 is 0 Å². The van der Waals surface area contributed by atoms with Crippen LogP contribution in [0.25, 0.3) is 0 Å². The van der Waals surface area contributed by atoms with Gasteiger partial charge in [-0.3, -0.25) is 9.78 Å². The predicted molar refractivity (Wildman–Crippen MR) is 59.1 cm³/mol. The smallest absolute Gasteiger partial charge is 0.253 e. The van der Waals surface area contributed by atoms with E-state index in [0.29, 0.717) is 11.4 Å². The number of halogens is 1. The molecule has 1 N–H and O–H groups in total. The van der Waals surface area contributed by atoms with Gasteiger partial charge in [0.25, 0.3) is 5.91 Å². The first-order chi connectivity index (χ1) is 7.15. The highest BCUT2D eigenvalue weighted by Gasteiger charge is 2.43. The van der Waals surface area contributed by atoms with Crippen LogP contribution in [0, 0.1) is 6.92 Å². The predicted octanol–water partition coefficient (Wildman–Crippen LogP) is 1.89. The molecule has 1 fully saturated rings. The van der Waals surface area contributed by atoms with E-state index < -0.39 is 0 Å². The average Bonchev–Trinajstić information content (AvgIpc) is 2.98. The van der Waals surface area contributed by atoms with Gasteiger partial charge in [0, 0.05) is 18.3 Å². The average molecular weight is 225 g/mol. The van der Waals surface area contributed by atoms with E-state index >= 15 is 0 Å². The first-order valence-corrected chi connectivity index (χ1v) is 5.49. The Bertz CT molecular complexity index is 388. The Kier molecular flexibility index (Phi) is 2.65. The SMILES string of the molecule is Cc1cncc(C(=O)NC2(CCl)CC2)c1. The van der Waals surface area contributed by atoms with E-state index in [2.05, 4.69) is 10.3 Å². The number of nitrogens with zero attached hydrogens (tertiary/aromatic N) is 1. The third-order valence-corrected chi connectivity index (χ3v) is 3.14. The van der Waals surface area contributed by atoms with Crippen molar-refractivity contribution in [3.8, 4) is 0 Å². The van der Waals surface area contributed by atoms with Crippen molar-refractivity contribution < 1.29 is 4.79 Å². The Morgan fingerprint density at radius 3 is 2.87 bits per heavy atom. The highest BCUT2D eigenvalue weighted by Crippen LogP contribution is 2.36. The van der Waals surface area contributed by atoms with Crippen LogP contribution in [0.15, 0.2) is 18.5 Å². The molecule has 0 unspecified atom stereocenters. The van der Waals surface area contributed by atoms with Crippen molar-refractivity contribution in [1.29, 1.82) is 0 Å². The Morgan fingerprint density at radius 2 is 2.33 bits per heavy atom. The van der Waals surface area contributed by atoms with E-state index in [-0.39, 0.29) is 11.4 Å². The van der Waals surface area contributed by atoms with Gasteiger partial charge in [-0.05, 0) is 31.4 Å². The third-order valence-electron chi connectivity index (χ3n) is 2.63. The summed E-state index contributed by atoms with van der Waals surface area (Å²) >= 11 is 5.79. The summed E-state index contributed by atoms with van der Waals surface area (Å²) in [5.74, 6) is 0.405. The number of alkyl halides is 1. The largest absolute Gasteiger partial charge is 0.345 e. The summed E-state index contributed by atoms with van der Waals surface area (Å²) in [6.07, 6.45) is 5.25. The van der Waals surface area contributed by atoms with Gasteiger partial charge in [0.2, 0.25) is 0 Å². The van der Waals surface area contributed by atoms with Gasteiger partial charge in [-0.15, -0.1) is 11.6 Å². The molecule has 15 heavy (non-hydrogen) atoms. The number of aryl methyl sites for hydroxylation is 1. The van der Waals surface area contributed by atoms with Gasteiger partial charge in [0.05, 0.1) is 11.1 Å². The highest BCUT2D eigenvalue weighted by atomic mass is 35.5. The standard InChI is InChI=1S/C11H13ClN2O/c1-8-4-9(6-13-5-8)10(15)14-11(7-12)2-3-11/h4-6H,2-3,7H2,1H3,(H,14,15). The molecule has 1 amide bonds. The molecule has 1 saturated carbocycles. The van der Waals surface area contributed by atoms with Gasteiger partial charge in [0.15, 0.2) is 0 Å². The summed E-state index contributed by atoms with van der Waals surface area (Å²) in [5.41, 5.74) is 1.44.